The third-order valence-corrected chi connectivity index (χ3v) is 3.41. The van der Waals surface area contributed by atoms with Crippen LogP contribution in [0.15, 0.2) is 30.5 Å². The molecule has 3 rings (SSSR count). The van der Waals surface area contributed by atoms with Gasteiger partial charge in [-0.3, -0.25) is 0 Å². The first-order chi connectivity index (χ1) is 9.16. The normalized spacial score (nSPS) is 17.1. The number of halogens is 2. The Balaban J connectivity index is 1.94. The lowest BCUT2D eigenvalue weighted by molar-refractivity contribution is 0.420. The Hall–Kier alpha value is -2.17. The van der Waals surface area contributed by atoms with Crippen molar-refractivity contribution >= 4 is 5.82 Å². The van der Waals surface area contributed by atoms with Crippen molar-refractivity contribution in [1.82, 2.24) is 4.98 Å². The van der Waals surface area contributed by atoms with Crippen LogP contribution in [-0.4, -0.2) is 16.6 Å². The topological polar surface area (TPSA) is 45.1 Å². The molecule has 0 aliphatic carbocycles. The molecule has 1 aromatic heterocycles. The number of anilines is 1. The van der Waals surface area contributed by atoms with Gasteiger partial charge < -0.3 is 10.4 Å². The van der Waals surface area contributed by atoms with Crippen LogP contribution in [0.2, 0.25) is 0 Å². The maximum Gasteiger partial charge on any atom is 0.170 e. The molecule has 2 N–H and O–H groups in total. The fraction of sp³-hybridized carbons (Fsp3) is 0.214. The van der Waals surface area contributed by atoms with Crippen LogP contribution in [0.5, 0.6) is 5.75 Å². The summed E-state index contributed by atoms with van der Waals surface area (Å²) in [6.07, 6.45) is 1.86. The molecule has 0 saturated heterocycles. The molecule has 1 aliphatic rings. The summed E-state index contributed by atoms with van der Waals surface area (Å²) in [5.41, 5.74) is 0.869. The average molecular weight is 262 g/mol. The highest BCUT2D eigenvalue weighted by atomic mass is 19.1. The summed E-state index contributed by atoms with van der Waals surface area (Å²) in [4.78, 5) is 4.17. The summed E-state index contributed by atoms with van der Waals surface area (Å²) in [6, 6.07) is 5.80. The molecule has 98 valence electrons. The molecule has 2 heterocycles. The van der Waals surface area contributed by atoms with E-state index in [1.165, 1.54) is 0 Å². The Morgan fingerprint density at radius 2 is 2.16 bits per heavy atom. The zero-order chi connectivity index (χ0) is 13.4. The molecule has 1 aromatic carbocycles. The fourth-order valence-electron chi connectivity index (χ4n) is 2.43. The van der Waals surface area contributed by atoms with Crippen LogP contribution in [0.1, 0.15) is 17.0 Å². The minimum Gasteiger partial charge on any atom is -0.505 e. The number of fused-ring (bicyclic) bond motifs is 1. The molecular weight excluding hydrogens is 250 g/mol. The molecule has 1 atom stereocenters. The number of phenols is 1. The molecule has 3 nitrogen and oxygen atoms in total. The second kappa shape index (κ2) is 4.50. The van der Waals surface area contributed by atoms with Gasteiger partial charge in [-0.2, -0.15) is 0 Å². The van der Waals surface area contributed by atoms with E-state index in [0.717, 1.165) is 23.5 Å². The highest BCUT2D eigenvalue weighted by Gasteiger charge is 2.26. The highest BCUT2D eigenvalue weighted by Crippen LogP contribution is 2.34. The highest BCUT2D eigenvalue weighted by molar-refractivity contribution is 5.52. The smallest absolute Gasteiger partial charge is 0.170 e. The Bertz CT molecular complexity index is 631. The van der Waals surface area contributed by atoms with Gasteiger partial charge in [-0.1, -0.05) is 6.07 Å². The number of nitrogens with zero attached hydrogens (tertiary/aromatic N) is 1. The number of aromatic hydroxyl groups is 1. The number of benzene rings is 1. The van der Waals surface area contributed by atoms with Crippen molar-refractivity contribution in [3.63, 3.8) is 0 Å². The molecule has 19 heavy (non-hydrogen) atoms. The quantitative estimate of drug-likeness (QED) is 0.874. The van der Waals surface area contributed by atoms with Gasteiger partial charge in [-0.25, -0.2) is 13.8 Å². The van der Waals surface area contributed by atoms with E-state index in [9.17, 15) is 13.9 Å². The maximum absolute atomic E-state index is 13.8. The summed E-state index contributed by atoms with van der Waals surface area (Å²) in [5, 5.41) is 12.4. The number of hydrogen-bond acceptors (Lipinski definition) is 3. The van der Waals surface area contributed by atoms with Crippen LogP contribution in [0.3, 0.4) is 0 Å². The van der Waals surface area contributed by atoms with Crippen molar-refractivity contribution in [1.29, 1.82) is 0 Å². The monoisotopic (exact) mass is 262 g/mol. The van der Waals surface area contributed by atoms with Crippen molar-refractivity contribution < 1.29 is 13.9 Å². The molecule has 1 unspecified atom stereocenters. The second-order valence-corrected chi connectivity index (χ2v) is 4.58. The van der Waals surface area contributed by atoms with Crippen molar-refractivity contribution in [2.75, 3.05) is 11.9 Å². The van der Waals surface area contributed by atoms with Crippen molar-refractivity contribution in [2.45, 2.75) is 12.3 Å². The van der Waals surface area contributed by atoms with Gasteiger partial charge in [0.2, 0.25) is 0 Å². The van der Waals surface area contributed by atoms with Gasteiger partial charge in [0.05, 0.1) is 0 Å². The summed E-state index contributed by atoms with van der Waals surface area (Å²) in [5.74, 6) is -1.32. The van der Waals surface area contributed by atoms with Crippen LogP contribution >= 0.6 is 0 Å². The van der Waals surface area contributed by atoms with Gasteiger partial charge in [0.1, 0.15) is 11.6 Å². The van der Waals surface area contributed by atoms with Crippen LogP contribution in [-0.2, 0) is 6.42 Å². The van der Waals surface area contributed by atoms with Crippen LogP contribution in [0.4, 0.5) is 14.6 Å². The Morgan fingerprint density at radius 3 is 3.00 bits per heavy atom. The standard InChI is InChI=1S/C14H12F2N2O/c15-11-3-4-12(19)13(16)10(11)6-8-7-18-14-9(8)2-1-5-17-14/h1-5,8,19H,6-7H2,(H,17,18). The first kappa shape index (κ1) is 11.9. The number of nitrogens with one attached hydrogen (secondary N) is 1. The first-order valence-corrected chi connectivity index (χ1v) is 6.01. The average Bonchev–Trinajstić information content (AvgIpc) is 2.83. The predicted molar refractivity (Wildman–Crippen MR) is 67.2 cm³/mol. The Labute approximate surface area is 108 Å². The van der Waals surface area contributed by atoms with Gasteiger partial charge in [0.15, 0.2) is 11.6 Å². The number of hydrogen-bond donors (Lipinski definition) is 2. The Morgan fingerprint density at radius 1 is 1.32 bits per heavy atom. The summed E-state index contributed by atoms with van der Waals surface area (Å²) < 4.78 is 27.4. The minimum atomic E-state index is -0.877. The molecule has 0 spiro atoms. The van der Waals surface area contributed by atoms with Gasteiger partial charge in [0.25, 0.3) is 0 Å². The van der Waals surface area contributed by atoms with Gasteiger partial charge in [0, 0.05) is 24.2 Å². The van der Waals surface area contributed by atoms with E-state index >= 15 is 0 Å². The lowest BCUT2D eigenvalue weighted by Gasteiger charge is -2.12. The number of phenolic OH excluding ortho intramolecular Hbond substituents is 1. The van der Waals surface area contributed by atoms with Crippen molar-refractivity contribution in [3.05, 3.63) is 53.2 Å². The fourth-order valence-corrected chi connectivity index (χ4v) is 2.43. The molecule has 2 aromatic rings. The number of rotatable bonds is 2. The number of pyridine rings is 1. The molecule has 1 aliphatic heterocycles. The van der Waals surface area contributed by atoms with E-state index in [-0.39, 0.29) is 17.9 Å². The minimum absolute atomic E-state index is 0.0468. The Kier molecular flexibility index (Phi) is 2.81. The largest absolute Gasteiger partial charge is 0.505 e. The molecule has 0 fully saturated rings. The van der Waals surface area contributed by atoms with Gasteiger partial charge in [-0.15, -0.1) is 0 Å². The third kappa shape index (κ3) is 2.01. The van der Waals surface area contributed by atoms with E-state index in [4.69, 9.17) is 0 Å². The van der Waals surface area contributed by atoms with E-state index in [1.807, 2.05) is 6.07 Å². The first-order valence-electron chi connectivity index (χ1n) is 6.01. The van der Waals surface area contributed by atoms with Gasteiger partial charge >= 0.3 is 0 Å². The summed E-state index contributed by atoms with van der Waals surface area (Å²) >= 11 is 0. The maximum atomic E-state index is 13.8. The van der Waals surface area contributed by atoms with Crippen molar-refractivity contribution in [2.24, 2.45) is 0 Å². The lowest BCUT2D eigenvalue weighted by Crippen LogP contribution is -2.08. The second-order valence-electron chi connectivity index (χ2n) is 4.58. The van der Waals surface area contributed by atoms with E-state index in [2.05, 4.69) is 10.3 Å². The van der Waals surface area contributed by atoms with Crippen LogP contribution < -0.4 is 5.32 Å². The summed E-state index contributed by atoms with van der Waals surface area (Å²) in [7, 11) is 0. The molecule has 5 heteroatoms. The number of aromatic nitrogens is 1. The molecule has 0 bridgehead atoms. The van der Waals surface area contributed by atoms with Crippen molar-refractivity contribution in [3.8, 4) is 5.75 Å². The molecule has 0 amide bonds. The predicted octanol–water partition coefficient (Wildman–Crippen LogP) is 2.82. The van der Waals surface area contributed by atoms with E-state index < -0.39 is 17.4 Å². The molecular formula is C14H12F2N2O. The molecule has 0 radical (unpaired) electrons. The molecule has 0 saturated carbocycles. The van der Waals surface area contributed by atoms with Crippen LogP contribution in [0.25, 0.3) is 0 Å². The SMILES string of the molecule is Oc1ccc(F)c(CC2CNc3ncccc32)c1F. The lowest BCUT2D eigenvalue weighted by atomic mass is 9.94. The third-order valence-electron chi connectivity index (χ3n) is 3.41. The van der Waals surface area contributed by atoms with E-state index in [0.29, 0.717) is 6.54 Å². The van der Waals surface area contributed by atoms with E-state index in [1.54, 1.807) is 12.3 Å². The zero-order valence-corrected chi connectivity index (χ0v) is 10.0. The van der Waals surface area contributed by atoms with Crippen LogP contribution in [0, 0.1) is 11.6 Å². The summed E-state index contributed by atoms with van der Waals surface area (Å²) in [6.45, 7) is 0.584. The van der Waals surface area contributed by atoms with Gasteiger partial charge in [-0.05, 0) is 30.2 Å². The zero-order valence-electron chi connectivity index (χ0n) is 10.0.